The van der Waals surface area contributed by atoms with E-state index in [4.69, 9.17) is 4.74 Å². The van der Waals surface area contributed by atoms with Gasteiger partial charge in [-0.05, 0) is 42.5 Å². The summed E-state index contributed by atoms with van der Waals surface area (Å²) in [5, 5.41) is 0. The van der Waals surface area contributed by atoms with E-state index < -0.39 is 0 Å². The lowest BCUT2D eigenvalue weighted by Gasteiger charge is -2.41. The topological polar surface area (TPSA) is 37.7 Å². The lowest BCUT2D eigenvalue weighted by molar-refractivity contribution is 0.0711. The molecule has 0 saturated carbocycles. The van der Waals surface area contributed by atoms with E-state index in [-0.39, 0.29) is 12.1 Å². The quantitative estimate of drug-likeness (QED) is 0.725. The highest BCUT2D eigenvalue weighted by atomic mass is 16.5. The summed E-state index contributed by atoms with van der Waals surface area (Å²) >= 11 is 0. The molecule has 132 valence electrons. The van der Waals surface area contributed by atoms with Gasteiger partial charge in [0.2, 0.25) is 0 Å². The summed E-state index contributed by atoms with van der Waals surface area (Å²) < 4.78 is 7.28. The average molecular weight is 347 g/mol. The van der Waals surface area contributed by atoms with Gasteiger partial charge in [0.05, 0.1) is 18.4 Å². The summed E-state index contributed by atoms with van der Waals surface area (Å²) in [6.07, 6.45) is 3.95. The number of benzene rings is 2. The molecule has 1 amide bonds. The summed E-state index contributed by atoms with van der Waals surface area (Å²) in [6.45, 7) is 0. The van der Waals surface area contributed by atoms with E-state index in [0.29, 0.717) is 0 Å². The van der Waals surface area contributed by atoms with Crippen LogP contribution in [0.5, 0.6) is 5.75 Å². The molecule has 0 fully saturated rings. The van der Waals surface area contributed by atoms with Crippen LogP contribution in [-0.4, -0.2) is 36.6 Å². The monoisotopic (exact) mass is 347 g/mol. The van der Waals surface area contributed by atoms with Crippen molar-refractivity contribution in [3.05, 3.63) is 78.1 Å². The van der Waals surface area contributed by atoms with Crippen LogP contribution in [0.1, 0.15) is 22.1 Å². The molecule has 1 atom stereocenters. The number of rotatable bonds is 3. The zero-order valence-electron chi connectivity index (χ0n) is 15.1. The fraction of sp³-hybridized carbons (Fsp3) is 0.190. The largest absolute Gasteiger partial charge is 0.497 e. The maximum atomic E-state index is 12.8. The SMILES string of the molecule is COc1ccc(-n2ccc([C@@H]3N(C)C(=O)c4ccccc4N3C)c2)cc1. The van der Waals surface area contributed by atoms with Crippen LogP contribution in [0.4, 0.5) is 5.69 Å². The van der Waals surface area contributed by atoms with Crippen LogP contribution in [0.15, 0.2) is 67.0 Å². The van der Waals surface area contributed by atoms with Gasteiger partial charge in [-0.1, -0.05) is 12.1 Å². The number of amides is 1. The number of anilines is 1. The summed E-state index contributed by atoms with van der Waals surface area (Å²) in [5.74, 6) is 0.871. The van der Waals surface area contributed by atoms with Crippen LogP contribution >= 0.6 is 0 Å². The normalized spacial score (nSPS) is 16.6. The summed E-state index contributed by atoms with van der Waals surface area (Å²) in [4.78, 5) is 16.7. The van der Waals surface area contributed by atoms with Gasteiger partial charge in [-0.25, -0.2) is 0 Å². The molecule has 4 rings (SSSR count). The summed E-state index contributed by atoms with van der Waals surface area (Å²) in [7, 11) is 5.54. The first-order chi connectivity index (χ1) is 12.6. The molecule has 0 radical (unpaired) electrons. The first-order valence-corrected chi connectivity index (χ1v) is 8.51. The maximum absolute atomic E-state index is 12.8. The van der Waals surface area contributed by atoms with Gasteiger partial charge in [0.25, 0.3) is 5.91 Å². The maximum Gasteiger partial charge on any atom is 0.257 e. The van der Waals surface area contributed by atoms with Gasteiger partial charge >= 0.3 is 0 Å². The minimum Gasteiger partial charge on any atom is -0.497 e. The van der Waals surface area contributed by atoms with E-state index in [2.05, 4.69) is 21.7 Å². The van der Waals surface area contributed by atoms with E-state index in [1.165, 1.54) is 0 Å². The smallest absolute Gasteiger partial charge is 0.257 e. The number of carbonyl (C=O) groups excluding carboxylic acids is 1. The highest BCUT2D eigenvalue weighted by Crippen LogP contribution is 2.36. The Morgan fingerprint density at radius 1 is 0.923 bits per heavy atom. The first-order valence-electron chi connectivity index (χ1n) is 8.51. The summed E-state index contributed by atoms with van der Waals surface area (Å²) in [5.41, 5.74) is 3.81. The van der Waals surface area contributed by atoms with Crippen LogP contribution < -0.4 is 9.64 Å². The Morgan fingerprint density at radius 2 is 1.65 bits per heavy atom. The first kappa shape index (κ1) is 16.3. The molecule has 0 aliphatic carbocycles. The predicted octanol–water partition coefficient (Wildman–Crippen LogP) is 3.71. The van der Waals surface area contributed by atoms with Gasteiger partial charge in [-0.3, -0.25) is 4.79 Å². The molecule has 5 nitrogen and oxygen atoms in total. The van der Waals surface area contributed by atoms with Crippen molar-refractivity contribution in [3.63, 3.8) is 0 Å². The molecule has 3 aromatic rings. The molecule has 0 bridgehead atoms. The molecule has 1 aliphatic rings. The molecule has 0 unspecified atom stereocenters. The number of hydrogen-bond acceptors (Lipinski definition) is 3. The Balaban J connectivity index is 1.69. The zero-order valence-corrected chi connectivity index (χ0v) is 15.1. The minimum atomic E-state index is -0.142. The number of methoxy groups -OCH3 is 1. The van der Waals surface area contributed by atoms with Crippen LogP contribution in [0, 0.1) is 0 Å². The number of fused-ring (bicyclic) bond motifs is 1. The highest BCUT2D eigenvalue weighted by Gasteiger charge is 2.34. The van der Waals surface area contributed by atoms with Crippen molar-refractivity contribution in [1.82, 2.24) is 9.47 Å². The lowest BCUT2D eigenvalue weighted by atomic mass is 10.0. The molecule has 1 aliphatic heterocycles. The van der Waals surface area contributed by atoms with Crippen LogP contribution in [0.2, 0.25) is 0 Å². The molecular formula is C21H21N3O2. The van der Waals surface area contributed by atoms with Crippen molar-refractivity contribution in [2.24, 2.45) is 0 Å². The zero-order chi connectivity index (χ0) is 18.3. The van der Waals surface area contributed by atoms with Crippen molar-refractivity contribution in [3.8, 4) is 11.4 Å². The van der Waals surface area contributed by atoms with Crippen LogP contribution in [0.25, 0.3) is 5.69 Å². The van der Waals surface area contributed by atoms with E-state index in [1.807, 2.05) is 68.8 Å². The van der Waals surface area contributed by atoms with Crippen molar-refractivity contribution < 1.29 is 9.53 Å². The number of para-hydroxylation sites is 1. The van der Waals surface area contributed by atoms with Gasteiger partial charge in [-0.2, -0.15) is 0 Å². The van der Waals surface area contributed by atoms with Crippen molar-refractivity contribution in [2.75, 3.05) is 26.1 Å². The third-order valence-electron chi connectivity index (χ3n) is 4.95. The third kappa shape index (κ3) is 2.52. The van der Waals surface area contributed by atoms with Gasteiger partial charge < -0.3 is 19.1 Å². The van der Waals surface area contributed by atoms with Gasteiger partial charge in [-0.15, -0.1) is 0 Å². The second kappa shape index (κ2) is 6.26. The summed E-state index contributed by atoms with van der Waals surface area (Å²) in [6, 6.07) is 17.7. The predicted molar refractivity (Wildman–Crippen MR) is 102 cm³/mol. The van der Waals surface area contributed by atoms with Gasteiger partial charge in [0.15, 0.2) is 0 Å². The standard InChI is InChI=1S/C21H21N3O2/c1-22-19-7-5-4-6-18(19)21(25)23(2)20(22)15-12-13-24(14-15)16-8-10-17(26-3)11-9-16/h4-14,20H,1-3H3/t20-/m0/s1. The van der Waals surface area contributed by atoms with Crippen molar-refractivity contribution in [1.29, 1.82) is 0 Å². The molecule has 5 heteroatoms. The van der Waals surface area contributed by atoms with Crippen molar-refractivity contribution >= 4 is 11.6 Å². The van der Waals surface area contributed by atoms with E-state index in [9.17, 15) is 4.79 Å². The molecule has 0 spiro atoms. The Labute approximate surface area is 153 Å². The molecule has 1 aromatic heterocycles. The van der Waals surface area contributed by atoms with Crippen LogP contribution in [-0.2, 0) is 0 Å². The number of hydrogen-bond donors (Lipinski definition) is 0. The number of carbonyl (C=O) groups is 1. The second-order valence-corrected chi connectivity index (χ2v) is 6.47. The molecule has 2 heterocycles. The fourth-order valence-electron chi connectivity index (χ4n) is 3.58. The van der Waals surface area contributed by atoms with Crippen LogP contribution in [0.3, 0.4) is 0 Å². The van der Waals surface area contributed by atoms with Gasteiger partial charge in [0.1, 0.15) is 11.9 Å². The number of ether oxygens (including phenoxy) is 1. The van der Waals surface area contributed by atoms with Crippen molar-refractivity contribution in [2.45, 2.75) is 6.17 Å². The Morgan fingerprint density at radius 3 is 2.38 bits per heavy atom. The number of nitrogens with zero attached hydrogens (tertiary/aromatic N) is 3. The van der Waals surface area contributed by atoms with E-state index in [1.54, 1.807) is 12.0 Å². The molecular weight excluding hydrogens is 326 g/mol. The van der Waals surface area contributed by atoms with Gasteiger partial charge in [0, 0.05) is 37.7 Å². The fourth-order valence-corrected chi connectivity index (χ4v) is 3.58. The molecule has 0 N–H and O–H groups in total. The Hall–Kier alpha value is -3.21. The molecule has 2 aromatic carbocycles. The number of aromatic nitrogens is 1. The molecule has 26 heavy (non-hydrogen) atoms. The van der Waals surface area contributed by atoms with E-state index in [0.717, 1.165) is 28.3 Å². The second-order valence-electron chi connectivity index (χ2n) is 6.47. The Kier molecular flexibility index (Phi) is 3.92. The molecule has 0 saturated heterocycles. The minimum absolute atomic E-state index is 0.0425. The third-order valence-corrected chi connectivity index (χ3v) is 4.95. The van der Waals surface area contributed by atoms with E-state index >= 15 is 0 Å². The average Bonchev–Trinajstić information content (AvgIpc) is 3.16. The Bertz CT molecular complexity index is 946. The lowest BCUT2D eigenvalue weighted by Crippen LogP contribution is -2.45. The highest BCUT2D eigenvalue weighted by molar-refractivity contribution is 6.01.